The molecule has 1 unspecified atom stereocenters. The summed E-state index contributed by atoms with van der Waals surface area (Å²) in [5, 5.41) is 4.95. The summed E-state index contributed by atoms with van der Waals surface area (Å²) in [7, 11) is 1.83. The second-order valence-corrected chi connectivity index (χ2v) is 8.25. The van der Waals surface area contributed by atoms with Crippen molar-refractivity contribution in [3.63, 3.8) is 0 Å². The fourth-order valence-corrected chi connectivity index (χ4v) is 4.21. The van der Waals surface area contributed by atoms with Gasteiger partial charge in [0, 0.05) is 16.5 Å². The van der Waals surface area contributed by atoms with Gasteiger partial charge >= 0.3 is 12.6 Å². The van der Waals surface area contributed by atoms with Crippen LogP contribution in [-0.4, -0.2) is 38.7 Å². The van der Waals surface area contributed by atoms with Crippen molar-refractivity contribution in [3.8, 4) is 17.1 Å². The maximum absolute atomic E-state index is 12.7. The molecule has 3 aromatic rings. The normalized spacial score (nSPS) is 11.9. The molecule has 3 rings (SSSR count). The Bertz CT molecular complexity index is 1090. The van der Waals surface area contributed by atoms with Gasteiger partial charge in [-0.1, -0.05) is 0 Å². The topological polar surface area (TPSA) is 82.2 Å². The van der Waals surface area contributed by atoms with Crippen molar-refractivity contribution >= 4 is 28.2 Å². The zero-order chi connectivity index (χ0) is 24.0. The molecule has 0 aliphatic heterocycles. The average molecular weight is 480 g/mol. The number of nitrogens with one attached hydrogen (secondary N) is 2. The number of quaternary nitrogens is 1. The van der Waals surface area contributed by atoms with Crippen LogP contribution in [-0.2, 0) is 16.1 Å². The Morgan fingerprint density at radius 2 is 1.91 bits per heavy atom. The highest BCUT2D eigenvalue weighted by atomic mass is 32.1. The predicted octanol–water partition coefficient (Wildman–Crippen LogP) is 3.75. The van der Waals surface area contributed by atoms with Gasteiger partial charge in [0.15, 0.2) is 6.54 Å². The van der Waals surface area contributed by atoms with Crippen LogP contribution in [0.25, 0.3) is 11.3 Å². The van der Waals surface area contributed by atoms with E-state index in [2.05, 4.69) is 10.1 Å². The molecule has 2 N–H and O–H groups in total. The number of amides is 1. The minimum absolute atomic E-state index is 0.0795. The molecular weight excluding hydrogens is 454 g/mol. The van der Waals surface area contributed by atoms with Gasteiger partial charge in [-0.3, -0.25) is 4.79 Å². The van der Waals surface area contributed by atoms with E-state index in [-0.39, 0.29) is 30.4 Å². The van der Waals surface area contributed by atoms with Gasteiger partial charge in [-0.05, 0) is 50.2 Å². The smallest absolute Gasteiger partial charge is 0.387 e. The fourth-order valence-electron chi connectivity index (χ4n) is 3.26. The molecule has 1 amide bonds. The molecule has 10 heteroatoms. The van der Waals surface area contributed by atoms with E-state index in [1.165, 1.54) is 23.5 Å². The zero-order valence-electron chi connectivity index (χ0n) is 18.4. The van der Waals surface area contributed by atoms with E-state index in [1.54, 1.807) is 43.5 Å². The largest absolute Gasteiger partial charge is 0.462 e. The highest BCUT2D eigenvalue weighted by Gasteiger charge is 2.25. The predicted molar refractivity (Wildman–Crippen MR) is 120 cm³/mol. The number of likely N-dealkylation sites (N-methyl/N-ethyl adjacent to an activating group) is 1. The molecule has 2 heterocycles. The number of anilines is 1. The highest BCUT2D eigenvalue weighted by molar-refractivity contribution is 7.15. The van der Waals surface area contributed by atoms with Crippen LogP contribution in [0.4, 0.5) is 13.8 Å². The van der Waals surface area contributed by atoms with E-state index in [9.17, 15) is 18.4 Å². The van der Waals surface area contributed by atoms with Crippen molar-refractivity contribution < 1.29 is 37.2 Å². The lowest BCUT2D eigenvalue weighted by molar-refractivity contribution is -0.885. The summed E-state index contributed by atoms with van der Waals surface area (Å²) in [6.45, 7) is 1.47. The average Bonchev–Trinajstić information content (AvgIpc) is 3.35. The number of thiophene rings is 1. The Hall–Kier alpha value is -3.24. The third-order valence-corrected chi connectivity index (χ3v) is 5.54. The molecule has 0 spiro atoms. The number of esters is 1. The van der Waals surface area contributed by atoms with Gasteiger partial charge in [0.1, 0.15) is 34.4 Å². The third-order valence-electron chi connectivity index (χ3n) is 4.65. The molecule has 2 aromatic heterocycles. The Kier molecular flexibility index (Phi) is 8.18. The lowest BCUT2D eigenvalue weighted by Gasteiger charge is -2.14. The Balaban J connectivity index is 1.67. The number of furan rings is 1. The van der Waals surface area contributed by atoms with E-state index in [1.807, 2.05) is 7.05 Å². The van der Waals surface area contributed by atoms with E-state index in [0.717, 1.165) is 10.5 Å². The van der Waals surface area contributed by atoms with Crippen molar-refractivity contribution in [3.05, 3.63) is 58.7 Å². The van der Waals surface area contributed by atoms with Crippen LogP contribution in [0.15, 0.2) is 46.2 Å². The first-order valence-electron chi connectivity index (χ1n) is 10.3. The van der Waals surface area contributed by atoms with Gasteiger partial charge in [0.25, 0.3) is 5.91 Å². The minimum Gasteiger partial charge on any atom is -0.462 e. The third kappa shape index (κ3) is 6.62. The number of ether oxygens (including phenoxy) is 2. The van der Waals surface area contributed by atoms with Crippen LogP contribution in [0, 0.1) is 6.92 Å². The maximum Gasteiger partial charge on any atom is 0.387 e. The summed E-state index contributed by atoms with van der Waals surface area (Å²) in [5.74, 6) is 0.491. The summed E-state index contributed by atoms with van der Waals surface area (Å²) in [6.07, 6.45) is 0. The van der Waals surface area contributed by atoms with Crippen LogP contribution in [0.3, 0.4) is 0 Å². The summed E-state index contributed by atoms with van der Waals surface area (Å²) in [6, 6.07) is 9.84. The quantitative estimate of drug-likeness (QED) is 0.433. The summed E-state index contributed by atoms with van der Waals surface area (Å²) >= 11 is 1.22. The van der Waals surface area contributed by atoms with Crippen LogP contribution in [0.1, 0.15) is 28.6 Å². The minimum atomic E-state index is -2.87. The van der Waals surface area contributed by atoms with Crippen molar-refractivity contribution in [1.82, 2.24) is 0 Å². The fraction of sp³-hybridized carbons (Fsp3) is 0.304. The molecule has 7 nitrogen and oxygen atoms in total. The highest BCUT2D eigenvalue weighted by Crippen LogP contribution is 2.37. The van der Waals surface area contributed by atoms with E-state index in [0.29, 0.717) is 28.6 Å². The SMILES string of the molecule is CCOC(=O)c1c(-c2ccc(C)o2)csc1NC(=O)C[NH+](C)Cc1ccc(OC(F)F)cc1. The molecule has 0 saturated heterocycles. The lowest BCUT2D eigenvalue weighted by Crippen LogP contribution is -3.08. The van der Waals surface area contributed by atoms with Gasteiger partial charge in [-0.15, -0.1) is 11.3 Å². The monoisotopic (exact) mass is 479 g/mol. The van der Waals surface area contributed by atoms with Gasteiger partial charge in [-0.2, -0.15) is 8.78 Å². The Morgan fingerprint density at radius 1 is 1.18 bits per heavy atom. The molecule has 0 aliphatic rings. The van der Waals surface area contributed by atoms with Crippen LogP contribution < -0.4 is 15.0 Å². The second-order valence-electron chi connectivity index (χ2n) is 7.37. The molecule has 1 aromatic carbocycles. The Morgan fingerprint density at radius 3 is 2.52 bits per heavy atom. The summed E-state index contributed by atoms with van der Waals surface area (Å²) < 4.78 is 39.7. The van der Waals surface area contributed by atoms with Crippen LogP contribution >= 0.6 is 11.3 Å². The van der Waals surface area contributed by atoms with Crippen LogP contribution in [0.2, 0.25) is 0 Å². The number of halogens is 2. The van der Waals surface area contributed by atoms with Crippen molar-refractivity contribution in [2.75, 3.05) is 25.5 Å². The first kappa shape index (κ1) is 24.4. The lowest BCUT2D eigenvalue weighted by atomic mass is 10.1. The molecule has 0 radical (unpaired) electrons. The number of rotatable bonds is 10. The van der Waals surface area contributed by atoms with Gasteiger partial charge in [0.2, 0.25) is 0 Å². The molecule has 0 saturated carbocycles. The standard InChI is InChI=1S/C23H24F2N2O5S/c1-4-30-22(29)20-17(18-10-5-14(2)31-18)13-33-21(20)26-19(28)12-27(3)11-15-6-8-16(9-7-15)32-23(24)25/h5-10,13,23H,4,11-12H2,1-3H3,(H,26,28)/p+1. The second kappa shape index (κ2) is 11.1. The molecule has 0 fully saturated rings. The van der Waals surface area contributed by atoms with Crippen molar-refractivity contribution in [2.45, 2.75) is 27.0 Å². The Labute approximate surface area is 193 Å². The van der Waals surface area contributed by atoms with E-state index >= 15 is 0 Å². The van der Waals surface area contributed by atoms with E-state index < -0.39 is 12.6 Å². The molecule has 0 aliphatic carbocycles. The van der Waals surface area contributed by atoms with Gasteiger partial charge < -0.3 is 24.1 Å². The number of hydrogen-bond donors (Lipinski definition) is 2. The summed E-state index contributed by atoms with van der Waals surface area (Å²) in [5.41, 5.74) is 1.69. The molecule has 0 bridgehead atoms. The molecule has 176 valence electrons. The van der Waals surface area contributed by atoms with Gasteiger partial charge in [-0.25, -0.2) is 4.79 Å². The number of alkyl halides is 2. The van der Waals surface area contributed by atoms with Crippen molar-refractivity contribution in [1.29, 1.82) is 0 Å². The van der Waals surface area contributed by atoms with Crippen LogP contribution in [0.5, 0.6) is 5.75 Å². The number of benzene rings is 1. The molecule has 1 atom stereocenters. The zero-order valence-corrected chi connectivity index (χ0v) is 19.3. The summed E-state index contributed by atoms with van der Waals surface area (Å²) in [4.78, 5) is 26.1. The van der Waals surface area contributed by atoms with E-state index in [4.69, 9.17) is 9.15 Å². The van der Waals surface area contributed by atoms with Gasteiger partial charge in [0.05, 0.1) is 13.7 Å². The first-order chi connectivity index (χ1) is 15.8. The molecule has 33 heavy (non-hydrogen) atoms. The number of carbonyl (C=O) groups is 2. The van der Waals surface area contributed by atoms with Crippen molar-refractivity contribution in [2.24, 2.45) is 0 Å². The number of aryl methyl sites for hydroxylation is 1. The molecular formula is C23H25F2N2O5S+. The first-order valence-corrected chi connectivity index (χ1v) is 11.1. The number of carbonyl (C=O) groups excluding carboxylic acids is 2. The number of hydrogen-bond acceptors (Lipinski definition) is 6. The maximum atomic E-state index is 12.7.